The summed E-state index contributed by atoms with van der Waals surface area (Å²) in [4.78, 5) is 28.9. The van der Waals surface area contributed by atoms with E-state index in [0.717, 1.165) is 29.0 Å². The minimum atomic E-state index is -3.71. The second-order valence-corrected chi connectivity index (χ2v) is 12.7. The number of sulfonamides is 1. The maximum atomic E-state index is 13.9. The molecule has 11 heteroatoms. The lowest BCUT2D eigenvalue weighted by Crippen LogP contribution is -2.50. The maximum Gasteiger partial charge on any atom is 0.243 e. The number of carbonyl (C=O) groups excluding carboxylic acids is 2. The summed E-state index contributed by atoms with van der Waals surface area (Å²) in [7, 11) is -3.71. The summed E-state index contributed by atoms with van der Waals surface area (Å²) in [5.74, 6) is -1.14. The van der Waals surface area contributed by atoms with Gasteiger partial charge in [0.15, 0.2) is 0 Å². The van der Waals surface area contributed by atoms with Gasteiger partial charge in [0.25, 0.3) is 0 Å². The maximum absolute atomic E-state index is 13.9. The molecular weight excluding hydrogens is 600 g/mol. The Kier molecular flexibility index (Phi) is 12.6. The number of hydrogen-bond acceptors (Lipinski definition) is 4. The van der Waals surface area contributed by atoms with Crippen molar-refractivity contribution < 1.29 is 22.4 Å². The van der Waals surface area contributed by atoms with E-state index in [-0.39, 0.29) is 44.2 Å². The predicted molar refractivity (Wildman–Crippen MR) is 167 cm³/mol. The van der Waals surface area contributed by atoms with Crippen LogP contribution < -0.4 is 9.62 Å². The Hall–Kier alpha value is -3.14. The monoisotopic (exact) mass is 635 g/mol. The van der Waals surface area contributed by atoms with E-state index in [9.17, 15) is 22.4 Å². The molecule has 0 bridgehead atoms. The molecule has 3 aromatic carbocycles. The van der Waals surface area contributed by atoms with Crippen molar-refractivity contribution >= 4 is 50.7 Å². The molecule has 0 aliphatic rings. The highest BCUT2D eigenvalue weighted by molar-refractivity contribution is 7.92. The summed E-state index contributed by atoms with van der Waals surface area (Å²) >= 11 is 13.0. The Morgan fingerprint density at radius 1 is 0.929 bits per heavy atom. The third kappa shape index (κ3) is 9.71. The number of unbranched alkanes of at least 4 members (excludes halogenated alkanes) is 1. The molecule has 0 radical (unpaired) electrons. The zero-order valence-corrected chi connectivity index (χ0v) is 26.1. The molecule has 0 aliphatic heterocycles. The summed E-state index contributed by atoms with van der Waals surface area (Å²) in [6, 6.07) is 18.7. The average Bonchev–Trinajstić information content (AvgIpc) is 2.95. The number of halogens is 3. The van der Waals surface area contributed by atoms with Gasteiger partial charge in [-0.25, -0.2) is 12.8 Å². The van der Waals surface area contributed by atoms with Crippen LogP contribution in [0.25, 0.3) is 0 Å². The van der Waals surface area contributed by atoms with Gasteiger partial charge in [0.05, 0.1) is 11.9 Å². The summed E-state index contributed by atoms with van der Waals surface area (Å²) in [5, 5.41) is 3.69. The molecule has 0 aliphatic carbocycles. The molecule has 0 fully saturated rings. The third-order valence-electron chi connectivity index (χ3n) is 6.76. The first-order valence-electron chi connectivity index (χ1n) is 13.8. The van der Waals surface area contributed by atoms with Gasteiger partial charge in [-0.1, -0.05) is 72.9 Å². The number of anilines is 1. The quantitative estimate of drug-likeness (QED) is 0.200. The summed E-state index contributed by atoms with van der Waals surface area (Å²) < 4.78 is 39.6. The van der Waals surface area contributed by atoms with Crippen LogP contribution in [0.5, 0.6) is 0 Å². The lowest BCUT2D eigenvalue weighted by Gasteiger charge is -2.32. The molecule has 0 saturated carbocycles. The number of rotatable bonds is 15. The van der Waals surface area contributed by atoms with Gasteiger partial charge in [-0.2, -0.15) is 0 Å². The van der Waals surface area contributed by atoms with E-state index in [4.69, 9.17) is 23.2 Å². The first-order valence-corrected chi connectivity index (χ1v) is 16.4. The van der Waals surface area contributed by atoms with E-state index >= 15 is 0 Å². The molecule has 226 valence electrons. The van der Waals surface area contributed by atoms with Crippen LogP contribution in [0.4, 0.5) is 10.1 Å². The molecular formula is C31H36Cl2FN3O4S. The normalized spacial score (nSPS) is 12.0. The van der Waals surface area contributed by atoms with Crippen molar-refractivity contribution in [2.45, 2.75) is 51.6 Å². The molecule has 2 amide bonds. The van der Waals surface area contributed by atoms with Crippen LogP contribution in [-0.4, -0.2) is 50.5 Å². The first kappa shape index (κ1) is 33.4. The van der Waals surface area contributed by atoms with Crippen molar-refractivity contribution in [3.05, 3.63) is 99.8 Å². The molecule has 0 spiro atoms. The fourth-order valence-corrected chi connectivity index (χ4v) is 6.01. The van der Waals surface area contributed by atoms with Gasteiger partial charge in [0.1, 0.15) is 11.9 Å². The molecule has 0 heterocycles. The number of nitrogens with one attached hydrogen (secondary N) is 1. The smallest absolute Gasteiger partial charge is 0.243 e. The number of amides is 2. The highest BCUT2D eigenvalue weighted by atomic mass is 35.5. The van der Waals surface area contributed by atoms with Gasteiger partial charge in [-0.3, -0.25) is 13.9 Å². The first-order chi connectivity index (χ1) is 20.0. The Bertz CT molecular complexity index is 1420. The Morgan fingerprint density at radius 2 is 1.57 bits per heavy atom. The fraction of sp³-hybridized carbons (Fsp3) is 0.355. The largest absolute Gasteiger partial charge is 0.354 e. The topological polar surface area (TPSA) is 86.8 Å². The molecule has 1 N–H and O–H groups in total. The van der Waals surface area contributed by atoms with Gasteiger partial charge in [-0.05, 0) is 54.8 Å². The average molecular weight is 637 g/mol. The molecule has 0 aromatic heterocycles. The Labute approximate surface area is 257 Å². The predicted octanol–water partition coefficient (Wildman–Crippen LogP) is 6.24. The Balaban J connectivity index is 1.91. The molecule has 7 nitrogen and oxygen atoms in total. The van der Waals surface area contributed by atoms with Crippen LogP contribution in [0.2, 0.25) is 10.0 Å². The minimum absolute atomic E-state index is 0.0101. The standard InChI is InChI=1S/C31H36Cl2FN3O4S/c1-3-4-19-35-31(39)29(21-23-10-6-5-7-11-23)36(22-26-27(32)12-8-13-28(26)33)30(38)14-9-20-37(42(2,40)41)25-17-15-24(34)16-18-25/h5-8,10-13,15-18,29H,3-4,9,14,19-22H2,1-2H3,(H,35,39). The summed E-state index contributed by atoms with van der Waals surface area (Å²) in [6.45, 7) is 2.47. The van der Waals surface area contributed by atoms with Crippen LogP contribution >= 0.6 is 23.2 Å². The van der Waals surface area contributed by atoms with Crippen LogP contribution in [0, 0.1) is 5.82 Å². The molecule has 1 unspecified atom stereocenters. The highest BCUT2D eigenvalue weighted by Crippen LogP contribution is 2.28. The van der Waals surface area contributed by atoms with E-state index < -0.39 is 21.9 Å². The van der Waals surface area contributed by atoms with E-state index in [1.165, 1.54) is 29.2 Å². The number of hydrogen-bond donors (Lipinski definition) is 1. The SMILES string of the molecule is CCCCNC(=O)C(Cc1ccccc1)N(Cc1c(Cl)cccc1Cl)C(=O)CCCN(c1ccc(F)cc1)S(C)(=O)=O. The summed E-state index contributed by atoms with van der Waals surface area (Å²) in [5.41, 5.74) is 1.68. The van der Waals surface area contributed by atoms with Crippen LogP contribution in [0.1, 0.15) is 43.7 Å². The van der Waals surface area contributed by atoms with Crippen molar-refractivity contribution in [3.63, 3.8) is 0 Å². The fourth-order valence-electron chi connectivity index (χ4n) is 4.53. The molecule has 3 aromatic rings. The van der Waals surface area contributed by atoms with Crippen LogP contribution in [0.15, 0.2) is 72.8 Å². The van der Waals surface area contributed by atoms with E-state index in [1.54, 1.807) is 18.2 Å². The third-order valence-corrected chi connectivity index (χ3v) is 8.66. The minimum Gasteiger partial charge on any atom is -0.354 e. The number of carbonyl (C=O) groups is 2. The number of benzene rings is 3. The van der Waals surface area contributed by atoms with E-state index in [2.05, 4.69) is 5.32 Å². The van der Waals surface area contributed by atoms with Gasteiger partial charge in [0, 0.05) is 48.1 Å². The highest BCUT2D eigenvalue weighted by Gasteiger charge is 2.31. The van der Waals surface area contributed by atoms with Gasteiger partial charge in [0.2, 0.25) is 21.8 Å². The van der Waals surface area contributed by atoms with Crippen LogP contribution in [0.3, 0.4) is 0 Å². The van der Waals surface area contributed by atoms with Crippen molar-refractivity contribution in [1.29, 1.82) is 0 Å². The van der Waals surface area contributed by atoms with Crippen molar-refractivity contribution in [3.8, 4) is 0 Å². The van der Waals surface area contributed by atoms with Gasteiger partial charge in [-0.15, -0.1) is 0 Å². The lowest BCUT2D eigenvalue weighted by molar-refractivity contribution is -0.141. The van der Waals surface area contributed by atoms with E-state index in [1.807, 2.05) is 37.3 Å². The zero-order chi connectivity index (χ0) is 30.7. The molecule has 1 atom stereocenters. The van der Waals surface area contributed by atoms with Gasteiger partial charge >= 0.3 is 0 Å². The molecule has 0 saturated heterocycles. The van der Waals surface area contributed by atoms with Crippen LogP contribution in [-0.2, 0) is 32.6 Å². The van der Waals surface area contributed by atoms with Crippen molar-refractivity contribution in [1.82, 2.24) is 10.2 Å². The zero-order valence-electron chi connectivity index (χ0n) is 23.7. The Morgan fingerprint density at radius 3 is 2.17 bits per heavy atom. The lowest BCUT2D eigenvalue weighted by atomic mass is 10.0. The molecule has 3 rings (SSSR count). The van der Waals surface area contributed by atoms with E-state index in [0.29, 0.717) is 27.8 Å². The van der Waals surface area contributed by atoms with Crippen molar-refractivity contribution in [2.24, 2.45) is 0 Å². The second kappa shape index (κ2) is 15.9. The number of nitrogens with zero attached hydrogens (tertiary/aromatic N) is 2. The van der Waals surface area contributed by atoms with Gasteiger partial charge < -0.3 is 10.2 Å². The second-order valence-electron chi connectivity index (χ2n) is 9.99. The van der Waals surface area contributed by atoms with Crippen molar-refractivity contribution in [2.75, 3.05) is 23.7 Å². The summed E-state index contributed by atoms with van der Waals surface area (Å²) in [6.07, 6.45) is 3.11. The molecule has 42 heavy (non-hydrogen) atoms.